The van der Waals surface area contributed by atoms with Crippen LogP contribution in [0, 0.1) is 18.8 Å². The summed E-state index contributed by atoms with van der Waals surface area (Å²) < 4.78 is 0.966. The Hall–Kier alpha value is -1.07. The average molecular weight is 251 g/mol. The number of aryl methyl sites for hydroxylation is 1. The Morgan fingerprint density at radius 2 is 2.21 bits per heavy atom. The molecular formula is C12H11BrO. The molecule has 0 atom stereocenters. The first kappa shape index (κ1) is 11.0. The summed E-state index contributed by atoms with van der Waals surface area (Å²) in [7, 11) is 0. The maximum Gasteiger partial charge on any atom is 0.174 e. The van der Waals surface area contributed by atoms with Crippen LogP contribution in [0.4, 0.5) is 0 Å². The Kier molecular flexibility index (Phi) is 3.91. The normalized spacial score (nSPS) is 9.07. The van der Waals surface area contributed by atoms with Gasteiger partial charge >= 0.3 is 0 Å². The topological polar surface area (TPSA) is 17.1 Å². The second-order valence-electron chi connectivity index (χ2n) is 2.99. The third kappa shape index (κ3) is 2.71. The minimum atomic E-state index is 0.0695. The number of Topliss-reactive ketones (excluding diaryl/α,β-unsaturated/α-hetero) is 1. The largest absolute Gasteiger partial charge is 0.293 e. The lowest BCUT2D eigenvalue weighted by atomic mass is 10.1. The second kappa shape index (κ2) is 4.97. The van der Waals surface area contributed by atoms with Gasteiger partial charge in [0.15, 0.2) is 5.78 Å². The maximum atomic E-state index is 11.5. The number of hydrogen-bond donors (Lipinski definition) is 0. The molecule has 0 radical (unpaired) electrons. The van der Waals surface area contributed by atoms with Crippen molar-refractivity contribution in [2.45, 2.75) is 20.3 Å². The Bertz CT molecular complexity index is 410. The van der Waals surface area contributed by atoms with Gasteiger partial charge in [-0.15, -0.1) is 5.92 Å². The third-order valence-electron chi connectivity index (χ3n) is 1.92. The predicted octanol–water partition coefficient (Wildman–Crippen LogP) is 3.35. The van der Waals surface area contributed by atoms with Gasteiger partial charge in [-0.2, -0.15) is 0 Å². The Morgan fingerprint density at radius 3 is 2.79 bits per heavy atom. The van der Waals surface area contributed by atoms with E-state index in [1.54, 1.807) is 6.92 Å². The summed E-state index contributed by atoms with van der Waals surface area (Å²) in [6.45, 7) is 3.72. The van der Waals surface area contributed by atoms with Gasteiger partial charge in [0.05, 0.1) is 6.42 Å². The number of rotatable bonds is 2. The fourth-order valence-corrected chi connectivity index (χ4v) is 1.42. The first-order chi connectivity index (χ1) is 6.65. The zero-order chi connectivity index (χ0) is 10.6. The van der Waals surface area contributed by atoms with Crippen LogP contribution in [0.5, 0.6) is 0 Å². The first-order valence-corrected chi connectivity index (χ1v) is 5.13. The molecule has 2 heteroatoms. The van der Waals surface area contributed by atoms with Crippen molar-refractivity contribution in [2.24, 2.45) is 0 Å². The van der Waals surface area contributed by atoms with Crippen molar-refractivity contribution >= 4 is 21.7 Å². The van der Waals surface area contributed by atoms with Crippen molar-refractivity contribution in [1.29, 1.82) is 0 Å². The summed E-state index contributed by atoms with van der Waals surface area (Å²) >= 11 is 3.39. The van der Waals surface area contributed by atoms with Crippen LogP contribution in [0.1, 0.15) is 29.3 Å². The molecule has 0 N–H and O–H groups in total. The molecule has 1 aromatic carbocycles. The number of benzene rings is 1. The zero-order valence-corrected chi connectivity index (χ0v) is 9.81. The van der Waals surface area contributed by atoms with Crippen LogP contribution in [0.2, 0.25) is 0 Å². The van der Waals surface area contributed by atoms with Gasteiger partial charge in [-0.1, -0.05) is 34.0 Å². The summed E-state index contributed by atoms with van der Waals surface area (Å²) in [4.78, 5) is 11.5. The molecule has 0 fully saturated rings. The van der Waals surface area contributed by atoms with E-state index >= 15 is 0 Å². The molecule has 0 saturated carbocycles. The first-order valence-electron chi connectivity index (χ1n) is 4.34. The van der Waals surface area contributed by atoms with Crippen molar-refractivity contribution in [3.05, 3.63) is 33.8 Å². The molecule has 1 aromatic rings. The summed E-state index contributed by atoms with van der Waals surface area (Å²) in [6.07, 6.45) is 0.298. The highest BCUT2D eigenvalue weighted by Gasteiger charge is 2.05. The predicted molar refractivity (Wildman–Crippen MR) is 61.3 cm³/mol. The highest BCUT2D eigenvalue weighted by atomic mass is 79.9. The van der Waals surface area contributed by atoms with Gasteiger partial charge < -0.3 is 0 Å². The third-order valence-corrected chi connectivity index (χ3v) is 2.77. The highest BCUT2D eigenvalue weighted by molar-refractivity contribution is 9.10. The van der Waals surface area contributed by atoms with Crippen LogP contribution in [-0.2, 0) is 0 Å². The van der Waals surface area contributed by atoms with Crippen LogP contribution < -0.4 is 0 Å². The van der Waals surface area contributed by atoms with Crippen molar-refractivity contribution in [3.8, 4) is 11.8 Å². The number of ketones is 1. The van der Waals surface area contributed by atoms with Crippen LogP contribution >= 0.6 is 15.9 Å². The van der Waals surface area contributed by atoms with Gasteiger partial charge in [-0.05, 0) is 25.5 Å². The number of carbonyl (C=O) groups is 1. The summed E-state index contributed by atoms with van der Waals surface area (Å²) in [5.41, 5.74) is 1.84. The summed E-state index contributed by atoms with van der Waals surface area (Å²) in [5, 5.41) is 0. The fourth-order valence-electron chi connectivity index (χ4n) is 1.04. The number of halogens is 1. The molecule has 14 heavy (non-hydrogen) atoms. The molecule has 0 aliphatic heterocycles. The molecule has 0 aliphatic rings. The van der Waals surface area contributed by atoms with E-state index in [4.69, 9.17) is 0 Å². The van der Waals surface area contributed by atoms with Crippen LogP contribution in [0.3, 0.4) is 0 Å². The molecule has 0 saturated heterocycles. The van der Waals surface area contributed by atoms with Crippen molar-refractivity contribution in [3.63, 3.8) is 0 Å². The van der Waals surface area contributed by atoms with Gasteiger partial charge in [-0.3, -0.25) is 4.79 Å². The lowest BCUT2D eigenvalue weighted by Crippen LogP contribution is -1.97. The number of hydrogen-bond acceptors (Lipinski definition) is 1. The molecule has 1 nitrogen and oxygen atoms in total. The molecule has 0 aliphatic carbocycles. The van der Waals surface area contributed by atoms with E-state index in [0.717, 1.165) is 10.0 Å². The van der Waals surface area contributed by atoms with Crippen molar-refractivity contribution in [2.75, 3.05) is 0 Å². The molecule has 0 spiro atoms. The smallest absolute Gasteiger partial charge is 0.174 e. The monoisotopic (exact) mass is 250 g/mol. The Morgan fingerprint density at radius 1 is 1.50 bits per heavy atom. The van der Waals surface area contributed by atoms with Crippen molar-refractivity contribution < 1.29 is 4.79 Å². The highest BCUT2D eigenvalue weighted by Crippen LogP contribution is 2.18. The summed E-state index contributed by atoms with van der Waals surface area (Å²) in [6, 6.07) is 5.60. The van der Waals surface area contributed by atoms with Gasteiger partial charge in [0.2, 0.25) is 0 Å². The second-order valence-corrected chi connectivity index (χ2v) is 3.85. The molecular weight excluding hydrogens is 240 g/mol. The van der Waals surface area contributed by atoms with E-state index in [0.29, 0.717) is 12.0 Å². The Labute approximate surface area is 92.6 Å². The number of carbonyl (C=O) groups excluding carboxylic acids is 1. The van der Waals surface area contributed by atoms with Crippen LogP contribution in [-0.4, -0.2) is 5.78 Å². The zero-order valence-electron chi connectivity index (χ0n) is 8.23. The lowest BCUT2D eigenvalue weighted by molar-refractivity contribution is 0.0998. The molecule has 0 aromatic heterocycles. The fraction of sp³-hybridized carbons (Fsp3) is 0.250. The lowest BCUT2D eigenvalue weighted by Gasteiger charge is -2.00. The van der Waals surface area contributed by atoms with E-state index < -0.39 is 0 Å². The Balaban J connectivity index is 2.89. The molecule has 72 valence electrons. The van der Waals surface area contributed by atoms with E-state index in [-0.39, 0.29) is 5.78 Å². The van der Waals surface area contributed by atoms with Gasteiger partial charge in [-0.25, -0.2) is 0 Å². The standard InChI is InChI=1S/C12H11BrO/c1-3-4-5-12(14)10-7-6-9(2)11(13)8-10/h6-8H,5H2,1-2H3. The molecule has 1 rings (SSSR count). The quantitative estimate of drug-likeness (QED) is 0.581. The molecule has 0 unspecified atom stereocenters. The summed E-state index contributed by atoms with van der Waals surface area (Å²) in [5.74, 6) is 5.55. The van der Waals surface area contributed by atoms with Crippen LogP contribution in [0.15, 0.2) is 22.7 Å². The van der Waals surface area contributed by atoms with Gasteiger partial charge in [0.1, 0.15) is 0 Å². The van der Waals surface area contributed by atoms with Gasteiger partial charge in [0.25, 0.3) is 0 Å². The average Bonchev–Trinajstić information content (AvgIpc) is 2.18. The van der Waals surface area contributed by atoms with Crippen molar-refractivity contribution in [1.82, 2.24) is 0 Å². The maximum absolute atomic E-state index is 11.5. The minimum absolute atomic E-state index is 0.0695. The van der Waals surface area contributed by atoms with E-state index in [1.807, 2.05) is 25.1 Å². The van der Waals surface area contributed by atoms with Crippen LogP contribution in [0.25, 0.3) is 0 Å². The molecule has 0 amide bonds. The van der Waals surface area contributed by atoms with E-state index in [1.165, 1.54) is 0 Å². The van der Waals surface area contributed by atoms with Gasteiger partial charge in [0, 0.05) is 10.0 Å². The minimum Gasteiger partial charge on any atom is -0.293 e. The molecule has 0 heterocycles. The van der Waals surface area contributed by atoms with E-state index in [9.17, 15) is 4.79 Å². The molecule has 0 bridgehead atoms. The van der Waals surface area contributed by atoms with E-state index in [2.05, 4.69) is 27.8 Å². The SMILES string of the molecule is CC#CCC(=O)c1ccc(C)c(Br)c1.